The van der Waals surface area contributed by atoms with E-state index in [1.807, 2.05) is 4.98 Å². The van der Waals surface area contributed by atoms with Crippen LogP contribution in [0.15, 0.2) is 32.2 Å². The van der Waals surface area contributed by atoms with E-state index < -0.39 is 17.1 Å². The average Bonchev–Trinajstić information content (AvgIpc) is 2.45. The van der Waals surface area contributed by atoms with Crippen LogP contribution in [0.2, 0.25) is 0 Å². The third kappa shape index (κ3) is 2.34. The number of carbonyl (C=O) groups excluding carboxylic acids is 1. The van der Waals surface area contributed by atoms with Crippen molar-refractivity contribution < 1.29 is 18.3 Å². The van der Waals surface area contributed by atoms with Crippen LogP contribution in [-0.2, 0) is 4.79 Å². The number of nitrogens with one attached hydrogen (secondary N) is 1. The summed E-state index contributed by atoms with van der Waals surface area (Å²) in [6.07, 6.45) is 0. The fourth-order valence-electron chi connectivity index (χ4n) is 1.96. The first kappa shape index (κ1) is 13.9. The molecule has 1 aromatic carbocycles. The monoisotopic (exact) mass is 304 g/mol. The highest BCUT2D eigenvalue weighted by atomic mass is 19.1. The van der Waals surface area contributed by atoms with Gasteiger partial charge in [-0.3, -0.25) is 14.6 Å². The number of hydrogen-bond donors (Lipinski definition) is 1. The molecule has 8 heteroatoms. The van der Waals surface area contributed by atoms with Crippen LogP contribution in [0.25, 0.3) is 22.4 Å². The van der Waals surface area contributed by atoms with E-state index in [2.05, 4.69) is 4.98 Å². The summed E-state index contributed by atoms with van der Waals surface area (Å²) in [5.41, 5.74) is -1.74. The Labute approximate surface area is 121 Å². The molecular weight excluding hydrogens is 295 g/mol. The van der Waals surface area contributed by atoms with Gasteiger partial charge in [-0.25, -0.2) is 4.79 Å². The quantitative estimate of drug-likeness (QED) is 0.727. The first-order valence-electron chi connectivity index (χ1n) is 6.24. The molecule has 0 atom stereocenters. The summed E-state index contributed by atoms with van der Waals surface area (Å²) in [6.45, 7) is 1.03. The second kappa shape index (κ2) is 5.06. The molecule has 0 radical (unpaired) electrons. The molecule has 3 rings (SSSR count). The molecule has 7 nitrogen and oxygen atoms in total. The number of benzene rings is 1. The lowest BCUT2D eigenvalue weighted by molar-refractivity contribution is -0.118. The third-order valence-corrected chi connectivity index (χ3v) is 2.92. The molecule has 0 saturated heterocycles. The lowest BCUT2D eigenvalue weighted by Gasteiger charge is -2.09. The van der Waals surface area contributed by atoms with Crippen LogP contribution in [0.5, 0.6) is 5.75 Å². The smallest absolute Gasteiger partial charge is 0.351 e. The van der Waals surface area contributed by atoms with Crippen molar-refractivity contribution in [2.45, 2.75) is 6.92 Å². The molecule has 0 spiro atoms. The first-order valence-corrected chi connectivity index (χ1v) is 6.24. The molecule has 0 amide bonds. The van der Waals surface area contributed by atoms with Gasteiger partial charge in [-0.1, -0.05) is 0 Å². The minimum Gasteiger partial charge on any atom is -0.483 e. The largest absolute Gasteiger partial charge is 0.483 e. The van der Waals surface area contributed by atoms with Crippen LogP contribution in [0.3, 0.4) is 0 Å². The Kier molecular flexibility index (Phi) is 3.21. The summed E-state index contributed by atoms with van der Waals surface area (Å²) in [7, 11) is 0. The van der Waals surface area contributed by atoms with Gasteiger partial charge in [0, 0.05) is 5.39 Å². The number of carbonyl (C=O) groups is 1. The van der Waals surface area contributed by atoms with E-state index in [0.29, 0.717) is 5.39 Å². The predicted molar refractivity (Wildman–Crippen MR) is 73.7 cm³/mol. The van der Waals surface area contributed by atoms with Crippen LogP contribution >= 0.6 is 0 Å². The van der Waals surface area contributed by atoms with E-state index in [0.717, 1.165) is 0 Å². The van der Waals surface area contributed by atoms with Crippen molar-refractivity contribution in [1.82, 2.24) is 9.97 Å². The van der Waals surface area contributed by atoms with Crippen LogP contribution in [0, 0.1) is 5.82 Å². The van der Waals surface area contributed by atoms with Crippen molar-refractivity contribution in [3.8, 4) is 17.2 Å². The second-order valence-electron chi connectivity index (χ2n) is 4.62. The molecule has 0 aromatic heterocycles. The van der Waals surface area contributed by atoms with Crippen LogP contribution < -0.4 is 16.0 Å². The van der Waals surface area contributed by atoms with Gasteiger partial charge in [0.25, 0.3) is 5.56 Å². The maximum Gasteiger partial charge on any atom is 0.351 e. The number of ether oxygens (including phenoxy) is 1. The molecule has 0 fully saturated rings. The van der Waals surface area contributed by atoms with Crippen molar-refractivity contribution >= 4 is 16.8 Å². The molecule has 2 aliphatic rings. The zero-order valence-electron chi connectivity index (χ0n) is 11.3. The Balaban J connectivity index is 2.24. The van der Waals surface area contributed by atoms with E-state index in [-0.39, 0.29) is 35.2 Å². The molecule has 2 heterocycles. The van der Waals surface area contributed by atoms with E-state index in [1.54, 1.807) is 0 Å². The van der Waals surface area contributed by atoms with E-state index >= 15 is 0 Å². The van der Waals surface area contributed by atoms with Gasteiger partial charge < -0.3 is 9.15 Å². The summed E-state index contributed by atoms with van der Waals surface area (Å²) >= 11 is 0. The average molecular weight is 304 g/mol. The number of hydrogen-bond acceptors (Lipinski definition) is 6. The summed E-state index contributed by atoms with van der Waals surface area (Å²) < 4.78 is 24.6. The number of halogens is 1. The Morgan fingerprint density at radius 1 is 1.41 bits per heavy atom. The van der Waals surface area contributed by atoms with Crippen molar-refractivity contribution in [1.29, 1.82) is 0 Å². The Morgan fingerprint density at radius 3 is 2.91 bits per heavy atom. The highest BCUT2D eigenvalue weighted by Gasteiger charge is 2.18. The number of fused-ring (bicyclic) bond motifs is 2. The van der Waals surface area contributed by atoms with Crippen molar-refractivity contribution in [2.24, 2.45) is 0 Å². The number of ketones is 1. The van der Waals surface area contributed by atoms with Gasteiger partial charge in [0.05, 0.1) is 0 Å². The van der Waals surface area contributed by atoms with Crippen LogP contribution in [-0.4, -0.2) is 22.4 Å². The molecular formula is C14H9FN2O5. The second-order valence-corrected chi connectivity index (χ2v) is 4.62. The van der Waals surface area contributed by atoms with Crippen molar-refractivity contribution in [2.75, 3.05) is 6.61 Å². The number of H-pyrrole nitrogens is 1. The summed E-state index contributed by atoms with van der Waals surface area (Å²) in [5.74, 6) is -1.55. The Hall–Kier alpha value is -3.03. The zero-order chi connectivity index (χ0) is 15.9. The number of nitrogens with zero attached hydrogens (tertiary/aromatic N) is 1. The van der Waals surface area contributed by atoms with Gasteiger partial charge in [-0.05, 0) is 25.1 Å². The maximum atomic E-state index is 14.3. The number of aromatic amines is 1. The molecule has 112 valence electrons. The Bertz CT molecular complexity index is 975. The molecule has 1 aromatic rings. The normalized spacial score (nSPS) is 11.0. The summed E-state index contributed by atoms with van der Waals surface area (Å²) in [5, 5.41) is 0.297. The highest BCUT2D eigenvalue weighted by molar-refractivity contribution is 5.83. The van der Waals surface area contributed by atoms with Crippen LogP contribution in [0.1, 0.15) is 6.92 Å². The molecule has 0 unspecified atom stereocenters. The van der Waals surface area contributed by atoms with Crippen LogP contribution in [0.4, 0.5) is 4.39 Å². The van der Waals surface area contributed by atoms with E-state index in [9.17, 15) is 18.8 Å². The minimum absolute atomic E-state index is 0.0314. The number of aromatic nitrogens is 2. The highest BCUT2D eigenvalue weighted by Crippen LogP contribution is 2.30. The minimum atomic E-state index is -0.884. The van der Waals surface area contributed by atoms with Crippen molar-refractivity contribution in [3.63, 3.8) is 0 Å². The first-order chi connectivity index (χ1) is 10.5. The van der Waals surface area contributed by atoms with Gasteiger partial charge in [-0.2, -0.15) is 9.37 Å². The predicted octanol–water partition coefficient (Wildman–Crippen LogP) is 1.09. The Morgan fingerprint density at radius 2 is 2.18 bits per heavy atom. The number of rotatable bonds is 3. The fourth-order valence-corrected chi connectivity index (χ4v) is 1.96. The van der Waals surface area contributed by atoms with Gasteiger partial charge in [0.2, 0.25) is 11.7 Å². The molecule has 0 bridgehead atoms. The van der Waals surface area contributed by atoms with Gasteiger partial charge in [0.15, 0.2) is 17.1 Å². The summed E-state index contributed by atoms with van der Waals surface area (Å²) in [6, 6.07) is 4.16. The number of Topliss-reactive ketones (excluding diaryl/α,β-unsaturated/α-hetero) is 1. The lowest BCUT2D eigenvalue weighted by atomic mass is 10.1. The topological polar surface area (TPSA) is 102 Å². The van der Waals surface area contributed by atoms with Gasteiger partial charge in [0.1, 0.15) is 12.2 Å². The molecule has 1 N–H and O–H groups in total. The SMILES string of the molecule is CC(=O)COc1ccc2cc3c(=O)[nH]c(=O)nc-3oc2c1F. The molecule has 0 saturated carbocycles. The molecule has 2 aliphatic heterocycles. The molecule has 0 aliphatic carbocycles. The molecule has 22 heavy (non-hydrogen) atoms. The standard InChI is InChI=1S/C14H9FN2O5/c1-6(18)5-21-9-3-2-7-4-8-12(19)16-14(20)17-13(8)22-11(7)10(9)15/h2-4H,5H2,1H3,(H,16,19,20). The maximum absolute atomic E-state index is 14.3. The zero-order valence-corrected chi connectivity index (χ0v) is 11.3. The fraction of sp³-hybridized carbons (Fsp3) is 0.143. The summed E-state index contributed by atoms with van der Waals surface area (Å²) in [4.78, 5) is 39.2. The lowest BCUT2D eigenvalue weighted by Crippen LogP contribution is -2.24. The van der Waals surface area contributed by atoms with Crippen molar-refractivity contribution in [3.05, 3.63) is 44.9 Å². The third-order valence-electron chi connectivity index (χ3n) is 2.92. The van der Waals surface area contributed by atoms with E-state index in [1.165, 1.54) is 25.1 Å². The van der Waals surface area contributed by atoms with Gasteiger partial charge in [-0.15, -0.1) is 0 Å². The van der Waals surface area contributed by atoms with E-state index in [4.69, 9.17) is 9.15 Å². The van der Waals surface area contributed by atoms with Gasteiger partial charge >= 0.3 is 5.69 Å².